The third-order valence-corrected chi connectivity index (χ3v) is 4.34. The summed E-state index contributed by atoms with van der Waals surface area (Å²) in [6.07, 6.45) is 2.00. The molecular weight excluding hydrogens is 320 g/mol. The van der Waals surface area contributed by atoms with Gasteiger partial charge in [-0.15, -0.1) is 11.8 Å². The van der Waals surface area contributed by atoms with Crippen LogP contribution in [-0.2, 0) is 4.79 Å². The maximum Gasteiger partial charge on any atom is 0.226 e. The normalized spacial score (nSPS) is 10.5. The van der Waals surface area contributed by atoms with Crippen LogP contribution in [0, 0.1) is 18.3 Å². The lowest BCUT2D eigenvalue weighted by Crippen LogP contribution is -2.13. The van der Waals surface area contributed by atoms with Crippen LogP contribution in [-0.4, -0.2) is 21.6 Å². The largest absolute Gasteiger partial charge is 0.311 e. The van der Waals surface area contributed by atoms with Gasteiger partial charge in [0.05, 0.1) is 5.56 Å². The van der Waals surface area contributed by atoms with Crippen molar-refractivity contribution in [3.8, 4) is 6.07 Å². The van der Waals surface area contributed by atoms with Gasteiger partial charge in [-0.25, -0.2) is 9.97 Å². The number of nitrogens with one attached hydrogen (secondary N) is 1. The lowest BCUT2D eigenvalue weighted by molar-refractivity contribution is -0.115. The van der Waals surface area contributed by atoms with E-state index < -0.39 is 0 Å². The molecule has 0 fully saturated rings. The lowest BCUT2D eigenvalue weighted by Gasteiger charge is -2.09. The van der Waals surface area contributed by atoms with Crippen LogP contribution in [0.5, 0.6) is 0 Å². The highest BCUT2D eigenvalue weighted by Gasteiger charge is 2.10. The zero-order chi connectivity index (χ0) is 17.5. The van der Waals surface area contributed by atoms with Crippen LogP contribution in [0.15, 0.2) is 35.5 Å². The van der Waals surface area contributed by atoms with Crippen LogP contribution < -0.4 is 5.32 Å². The number of pyridine rings is 2. The van der Waals surface area contributed by atoms with Crippen molar-refractivity contribution >= 4 is 23.5 Å². The van der Waals surface area contributed by atoms with E-state index in [4.69, 9.17) is 0 Å². The van der Waals surface area contributed by atoms with E-state index >= 15 is 0 Å². The second-order valence-electron chi connectivity index (χ2n) is 5.72. The second kappa shape index (κ2) is 8.46. The topological polar surface area (TPSA) is 78.7 Å². The quantitative estimate of drug-likeness (QED) is 0.807. The predicted octanol–water partition coefficient (Wildman–Crippen LogP) is 3.90. The molecule has 0 atom stereocenters. The minimum atomic E-state index is -0.0980. The van der Waals surface area contributed by atoms with Gasteiger partial charge in [0.2, 0.25) is 5.91 Å². The van der Waals surface area contributed by atoms with E-state index in [1.165, 1.54) is 11.8 Å². The molecule has 6 heteroatoms. The zero-order valence-corrected chi connectivity index (χ0v) is 14.9. The number of hydrogen-bond acceptors (Lipinski definition) is 5. The fourth-order valence-electron chi connectivity index (χ4n) is 2.02. The van der Waals surface area contributed by atoms with Gasteiger partial charge >= 0.3 is 0 Å². The number of rotatable bonds is 6. The summed E-state index contributed by atoms with van der Waals surface area (Å²) in [6.45, 7) is 6.07. The molecule has 0 bridgehead atoms. The first-order chi connectivity index (χ1) is 11.5. The highest BCUT2D eigenvalue weighted by molar-refractivity contribution is 7.99. The molecule has 0 saturated heterocycles. The van der Waals surface area contributed by atoms with E-state index in [1.807, 2.05) is 25.1 Å². The number of nitriles is 1. The molecule has 0 radical (unpaired) electrons. The maximum atomic E-state index is 12.0. The van der Waals surface area contributed by atoms with Crippen LogP contribution in [0.1, 0.15) is 43.0 Å². The Labute approximate surface area is 146 Å². The summed E-state index contributed by atoms with van der Waals surface area (Å²) < 4.78 is 0. The average molecular weight is 340 g/mol. The van der Waals surface area contributed by atoms with Gasteiger partial charge in [-0.3, -0.25) is 4.79 Å². The minimum Gasteiger partial charge on any atom is -0.311 e. The van der Waals surface area contributed by atoms with Gasteiger partial charge in [-0.1, -0.05) is 13.8 Å². The molecule has 0 spiro atoms. The van der Waals surface area contributed by atoms with Gasteiger partial charge in [0.15, 0.2) is 0 Å². The Morgan fingerprint density at radius 2 is 2.17 bits per heavy atom. The van der Waals surface area contributed by atoms with Gasteiger partial charge < -0.3 is 5.32 Å². The number of carbonyl (C=O) groups is 1. The third-order valence-electron chi connectivity index (χ3n) is 3.34. The third kappa shape index (κ3) is 5.07. The molecule has 0 aliphatic rings. The molecule has 24 heavy (non-hydrogen) atoms. The summed E-state index contributed by atoms with van der Waals surface area (Å²) in [4.78, 5) is 20.6. The average Bonchev–Trinajstić information content (AvgIpc) is 2.54. The van der Waals surface area contributed by atoms with Crippen LogP contribution in [0.2, 0.25) is 0 Å². The zero-order valence-electron chi connectivity index (χ0n) is 14.0. The molecule has 1 amide bonds. The molecular formula is C18H20N4OS. The summed E-state index contributed by atoms with van der Waals surface area (Å²) in [7, 11) is 0. The Hall–Kier alpha value is -2.39. The molecule has 0 aromatic carbocycles. The van der Waals surface area contributed by atoms with E-state index in [0.717, 1.165) is 11.3 Å². The van der Waals surface area contributed by atoms with E-state index in [2.05, 4.69) is 35.2 Å². The number of carbonyl (C=O) groups excluding carboxylic acids is 1. The Bertz CT molecular complexity index is 768. The number of amides is 1. The van der Waals surface area contributed by atoms with Crippen LogP contribution in [0.3, 0.4) is 0 Å². The smallest absolute Gasteiger partial charge is 0.226 e. The molecule has 0 aliphatic carbocycles. The highest BCUT2D eigenvalue weighted by Crippen LogP contribution is 2.24. The van der Waals surface area contributed by atoms with Crippen molar-refractivity contribution in [2.45, 2.75) is 38.1 Å². The van der Waals surface area contributed by atoms with Gasteiger partial charge in [0, 0.05) is 24.1 Å². The molecule has 2 heterocycles. The predicted molar refractivity (Wildman–Crippen MR) is 96.0 cm³/mol. The number of hydrogen-bond donors (Lipinski definition) is 1. The van der Waals surface area contributed by atoms with E-state index in [9.17, 15) is 10.1 Å². The van der Waals surface area contributed by atoms with Crippen LogP contribution in [0.25, 0.3) is 0 Å². The van der Waals surface area contributed by atoms with Gasteiger partial charge in [0.25, 0.3) is 0 Å². The van der Waals surface area contributed by atoms with Crippen molar-refractivity contribution < 1.29 is 4.79 Å². The molecule has 2 rings (SSSR count). The van der Waals surface area contributed by atoms with Crippen molar-refractivity contribution in [2.75, 3.05) is 11.1 Å². The number of anilines is 1. The molecule has 0 saturated carbocycles. The fourth-order valence-corrected chi connectivity index (χ4v) is 2.94. The van der Waals surface area contributed by atoms with Gasteiger partial charge in [0.1, 0.15) is 16.9 Å². The summed E-state index contributed by atoms with van der Waals surface area (Å²) in [5.41, 5.74) is 2.54. The second-order valence-corrected chi connectivity index (χ2v) is 6.80. The van der Waals surface area contributed by atoms with E-state index in [-0.39, 0.29) is 5.91 Å². The van der Waals surface area contributed by atoms with Crippen LogP contribution >= 0.6 is 11.8 Å². The summed E-state index contributed by atoms with van der Waals surface area (Å²) in [6, 6.07) is 9.53. The fraction of sp³-hybridized carbons (Fsp3) is 0.333. The van der Waals surface area contributed by atoms with Crippen molar-refractivity contribution in [1.82, 2.24) is 9.97 Å². The molecule has 2 aromatic heterocycles. The lowest BCUT2D eigenvalue weighted by atomic mass is 10.1. The van der Waals surface area contributed by atoms with Crippen molar-refractivity contribution in [3.63, 3.8) is 0 Å². The number of aromatic nitrogens is 2. The number of thioether (sulfide) groups is 1. The van der Waals surface area contributed by atoms with Crippen molar-refractivity contribution in [3.05, 3.63) is 47.3 Å². The first kappa shape index (κ1) is 18.0. The summed E-state index contributed by atoms with van der Waals surface area (Å²) >= 11 is 1.43. The molecule has 1 N–H and O–H groups in total. The first-order valence-corrected chi connectivity index (χ1v) is 8.74. The first-order valence-electron chi connectivity index (χ1n) is 7.76. The number of aryl methyl sites for hydroxylation is 1. The minimum absolute atomic E-state index is 0.0980. The maximum absolute atomic E-state index is 12.0. The summed E-state index contributed by atoms with van der Waals surface area (Å²) in [5, 5.41) is 12.7. The SMILES string of the molecule is Cc1ccnc(NC(=O)CCSc2nc(C(C)C)ccc2C#N)c1. The van der Waals surface area contributed by atoms with Gasteiger partial charge in [-0.05, 0) is 42.7 Å². The Morgan fingerprint density at radius 1 is 1.38 bits per heavy atom. The van der Waals surface area contributed by atoms with Crippen LogP contribution in [0.4, 0.5) is 5.82 Å². The van der Waals surface area contributed by atoms with Gasteiger partial charge in [-0.2, -0.15) is 5.26 Å². The highest BCUT2D eigenvalue weighted by atomic mass is 32.2. The molecule has 2 aromatic rings. The van der Waals surface area contributed by atoms with E-state index in [1.54, 1.807) is 12.3 Å². The molecule has 0 unspecified atom stereocenters. The Balaban J connectivity index is 1.93. The standard InChI is InChI=1S/C18H20N4OS/c1-12(2)15-5-4-14(11-19)18(21-15)24-9-7-17(23)22-16-10-13(3)6-8-20-16/h4-6,8,10,12H,7,9H2,1-3H3,(H,20,22,23). The van der Waals surface area contributed by atoms with Crippen molar-refractivity contribution in [1.29, 1.82) is 5.26 Å². The Kier molecular flexibility index (Phi) is 6.33. The molecule has 5 nitrogen and oxygen atoms in total. The van der Waals surface area contributed by atoms with E-state index in [0.29, 0.717) is 34.5 Å². The summed E-state index contributed by atoms with van der Waals surface area (Å²) in [5.74, 6) is 1.32. The number of nitrogens with zero attached hydrogens (tertiary/aromatic N) is 3. The monoisotopic (exact) mass is 340 g/mol. The molecule has 124 valence electrons. The Morgan fingerprint density at radius 3 is 2.83 bits per heavy atom. The molecule has 0 aliphatic heterocycles. The van der Waals surface area contributed by atoms with Crippen molar-refractivity contribution in [2.24, 2.45) is 0 Å².